The van der Waals surface area contributed by atoms with E-state index in [4.69, 9.17) is 4.74 Å². The Labute approximate surface area is 149 Å². The molecule has 0 unspecified atom stereocenters. The lowest BCUT2D eigenvalue weighted by Crippen LogP contribution is -2.35. The lowest BCUT2D eigenvalue weighted by Gasteiger charge is -2.29. The molecule has 1 aliphatic carbocycles. The molecule has 1 fully saturated rings. The Bertz CT molecular complexity index is 611. The highest BCUT2D eigenvalue weighted by molar-refractivity contribution is 5.70. The molecule has 5 heteroatoms. The lowest BCUT2D eigenvalue weighted by molar-refractivity contribution is 0.148. The van der Waals surface area contributed by atoms with Gasteiger partial charge < -0.3 is 9.64 Å². The topological polar surface area (TPSA) is 32.8 Å². The molecule has 1 saturated carbocycles. The van der Waals surface area contributed by atoms with Crippen molar-refractivity contribution in [3.05, 3.63) is 30.1 Å². The molecule has 0 spiro atoms. The van der Waals surface area contributed by atoms with Crippen molar-refractivity contribution in [2.24, 2.45) is 11.8 Å². The van der Waals surface area contributed by atoms with Gasteiger partial charge in [0.15, 0.2) is 0 Å². The first kappa shape index (κ1) is 19.3. The predicted octanol–water partition coefficient (Wildman–Crippen LogP) is 3.63. The number of amides is 1. The maximum atomic E-state index is 12.9. The second-order valence-electron chi connectivity index (χ2n) is 6.98. The van der Waals surface area contributed by atoms with Gasteiger partial charge in [0.1, 0.15) is 11.6 Å². The zero-order valence-electron chi connectivity index (χ0n) is 15.3. The maximum Gasteiger partial charge on any atom is 0.414 e. The van der Waals surface area contributed by atoms with Crippen LogP contribution in [0.5, 0.6) is 5.75 Å². The van der Waals surface area contributed by atoms with Crippen LogP contribution in [0.2, 0.25) is 0 Å². The molecule has 1 aliphatic rings. The maximum absolute atomic E-state index is 12.9. The van der Waals surface area contributed by atoms with Crippen LogP contribution in [0.3, 0.4) is 0 Å². The molecule has 1 aromatic rings. The molecule has 0 saturated heterocycles. The van der Waals surface area contributed by atoms with Gasteiger partial charge in [0.05, 0.1) is 6.54 Å². The third-order valence-corrected chi connectivity index (χ3v) is 4.41. The predicted molar refractivity (Wildman–Crippen MR) is 96.8 cm³/mol. The fourth-order valence-corrected chi connectivity index (χ4v) is 2.98. The highest BCUT2D eigenvalue weighted by atomic mass is 19.1. The summed E-state index contributed by atoms with van der Waals surface area (Å²) in [5.41, 5.74) is 0. The smallest absolute Gasteiger partial charge is 0.410 e. The number of carbonyl (C=O) groups is 1. The molecule has 0 aliphatic heterocycles. The second-order valence-corrected chi connectivity index (χ2v) is 6.98. The van der Waals surface area contributed by atoms with E-state index in [0.717, 1.165) is 32.2 Å². The Hall–Kier alpha value is -2.06. The van der Waals surface area contributed by atoms with E-state index in [1.54, 1.807) is 11.9 Å². The van der Waals surface area contributed by atoms with E-state index in [9.17, 15) is 9.18 Å². The van der Waals surface area contributed by atoms with Crippen molar-refractivity contribution in [2.75, 3.05) is 34.2 Å². The first-order chi connectivity index (χ1) is 11.9. The van der Waals surface area contributed by atoms with Crippen molar-refractivity contribution in [1.82, 2.24) is 9.80 Å². The molecule has 0 aromatic heterocycles. The number of hydrogen-bond acceptors (Lipinski definition) is 3. The minimum absolute atomic E-state index is 0.349. The molecule has 25 heavy (non-hydrogen) atoms. The van der Waals surface area contributed by atoms with E-state index >= 15 is 0 Å². The highest BCUT2D eigenvalue weighted by Gasteiger charge is 2.23. The van der Waals surface area contributed by atoms with Gasteiger partial charge in [-0.25, -0.2) is 9.18 Å². The van der Waals surface area contributed by atoms with Crippen LogP contribution in [0.25, 0.3) is 0 Å². The van der Waals surface area contributed by atoms with E-state index in [1.165, 1.54) is 24.3 Å². The average Bonchev–Trinajstić information content (AvgIpc) is 2.58. The summed E-state index contributed by atoms with van der Waals surface area (Å²) < 4.78 is 18.1. The summed E-state index contributed by atoms with van der Waals surface area (Å²) in [4.78, 5) is 15.8. The van der Waals surface area contributed by atoms with Crippen LogP contribution in [0.15, 0.2) is 24.3 Å². The Morgan fingerprint density at radius 2 is 1.80 bits per heavy atom. The van der Waals surface area contributed by atoms with Gasteiger partial charge in [0, 0.05) is 19.5 Å². The Morgan fingerprint density at radius 1 is 1.16 bits per heavy atom. The van der Waals surface area contributed by atoms with Crippen molar-refractivity contribution >= 4 is 6.09 Å². The van der Waals surface area contributed by atoms with Gasteiger partial charge in [0.2, 0.25) is 0 Å². The van der Waals surface area contributed by atoms with Crippen molar-refractivity contribution in [3.8, 4) is 17.6 Å². The average molecular weight is 346 g/mol. The first-order valence-corrected chi connectivity index (χ1v) is 8.75. The lowest BCUT2D eigenvalue weighted by atomic mass is 9.82. The number of halogens is 1. The molecule has 136 valence electrons. The van der Waals surface area contributed by atoms with Crippen LogP contribution >= 0.6 is 0 Å². The largest absolute Gasteiger partial charge is 0.414 e. The zero-order chi connectivity index (χ0) is 18.2. The molecular formula is C20H27FN2O2. The van der Waals surface area contributed by atoms with Gasteiger partial charge in [-0.2, -0.15) is 0 Å². The van der Waals surface area contributed by atoms with Crippen molar-refractivity contribution in [2.45, 2.75) is 25.7 Å². The molecule has 0 N–H and O–H groups in total. The van der Waals surface area contributed by atoms with E-state index < -0.39 is 6.09 Å². The van der Waals surface area contributed by atoms with Crippen LogP contribution in [0.1, 0.15) is 25.7 Å². The van der Waals surface area contributed by atoms with Gasteiger partial charge in [-0.1, -0.05) is 11.8 Å². The Balaban J connectivity index is 1.73. The summed E-state index contributed by atoms with van der Waals surface area (Å²) in [7, 11) is 5.79. The summed E-state index contributed by atoms with van der Waals surface area (Å²) in [6.07, 6.45) is 3.93. The number of carbonyl (C=O) groups excluding carboxylic acids is 1. The van der Waals surface area contributed by atoms with E-state index in [0.29, 0.717) is 24.1 Å². The highest BCUT2D eigenvalue weighted by Crippen LogP contribution is 2.29. The summed E-state index contributed by atoms with van der Waals surface area (Å²) >= 11 is 0. The van der Waals surface area contributed by atoms with Crippen LogP contribution in [-0.4, -0.2) is 50.1 Å². The van der Waals surface area contributed by atoms with Crippen LogP contribution in [0.4, 0.5) is 9.18 Å². The third-order valence-electron chi connectivity index (χ3n) is 4.41. The van der Waals surface area contributed by atoms with Gasteiger partial charge in [-0.3, -0.25) is 4.90 Å². The Morgan fingerprint density at radius 3 is 2.40 bits per heavy atom. The zero-order valence-corrected chi connectivity index (χ0v) is 15.3. The van der Waals surface area contributed by atoms with Crippen LogP contribution < -0.4 is 4.74 Å². The summed E-state index contributed by atoms with van der Waals surface area (Å²) in [5.74, 6) is 7.56. The fourth-order valence-electron chi connectivity index (χ4n) is 2.98. The number of nitrogens with zero attached hydrogens (tertiary/aromatic N) is 2. The normalized spacial score (nSPS) is 19.9. The second kappa shape index (κ2) is 9.43. The monoisotopic (exact) mass is 346 g/mol. The number of benzene rings is 1. The van der Waals surface area contributed by atoms with Crippen molar-refractivity contribution in [3.63, 3.8) is 0 Å². The number of rotatable bonds is 4. The van der Waals surface area contributed by atoms with Gasteiger partial charge in [-0.05, 0) is 70.0 Å². The number of ether oxygens (including phenoxy) is 1. The minimum Gasteiger partial charge on any atom is -0.410 e. The summed E-state index contributed by atoms with van der Waals surface area (Å²) in [6.45, 7) is 1.48. The van der Waals surface area contributed by atoms with Gasteiger partial charge >= 0.3 is 6.09 Å². The third kappa shape index (κ3) is 6.75. The fraction of sp³-hybridized carbons (Fsp3) is 0.550. The quantitative estimate of drug-likeness (QED) is 0.781. The SMILES string of the molecule is CN(C)CC#CC1CCC(CN(C)C(=O)Oc2ccc(F)cc2)CC1. The molecule has 4 nitrogen and oxygen atoms in total. The molecule has 1 aromatic carbocycles. The standard InChI is InChI=1S/C20H27FN2O2/c1-22(2)14-4-5-16-6-8-17(9-7-16)15-23(3)20(24)25-19-12-10-18(21)11-13-19/h10-13,16-17H,6-9,14-15H2,1-3H3. The van der Waals surface area contributed by atoms with E-state index in [-0.39, 0.29) is 5.82 Å². The Kier molecular flexibility index (Phi) is 7.27. The van der Waals surface area contributed by atoms with Gasteiger partial charge in [0.25, 0.3) is 0 Å². The molecule has 0 bridgehead atoms. The minimum atomic E-state index is -0.403. The van der Waals surface area contributed by atoms with Crippen LogP contribution in [-0.2, 0) is 0 Å². The number of hydrogen-bond donors (Lipinski definition) is 0. The summed E-state index contributed by atoms with van der Waals surface area (Å²) in [5, 5.41) is 0. The molecule has 0 heterocycles. The molecule has 0 atom stereocenters. The molecular weight excluding hydrogens is 319 g/mol. The van der Waals surface area contributed by atoms with Gasteiger partial charge in [-0.15, -0.1) is 0 Å². The molecule has 0 radical (unpaired) electrons. The van der Waals surface area contributed by atoms with Crippen molar-refractivity contribution < 1.29 is 13.9 Å². The first-order valence-electron chi connectivity index (χ1n) is 8.75. The molecule has 2 rings (SSSR count). The summed E-state index contributed by atoms with van der Waals surface area (Å²) in [6, 6.07) is 5.47. The molecule has 1 amide bonds. The van der Waals surface area contributed by atoms with Crippen LogP contribution in [0, 0.1) is 29.5 Å². The van der Waals surface area contributed by atoms with E-state index in [1.807, 2.05) is 14.1 Å². The van der Waals surface area contributed by atoms with Crippen molar-refractivity contribution in [1.29, 1.82) is 0 Å². The van der Waals surface area contributed by atoms with E-state index in [2.05, 4.69) is 16.7 Å².